The molecule has 3 aliphatic carbocycles. The second kappa shape index (κ2) is 6.36. The predicted octanol–water partition coefficient (Wildman–Crippen LogP) is 4.67. The smallest absolute Gasteiger partial charge is 0.312 e. The van der Waals surface area contributed by atoms with Crippen LogP contribution in [0.2, 0.25) is 0 Å². The molecule has 0 aromatic carbocycles. The summed E-state index contributed by atoms with van der Waals surface area (Å²) in [6.07, 6.45) is 8.22. The second-order valence-corrected chi connectivity index (χ2v) is 9.88. The number of fused-ring (bicyclic) bond motifs is 3. The van der Waals surface area contributed by atoms with E-state index < -0.39 is 16.2 Å². The molecular formula is C22H33NO3. The van der Waals surface area contributed by atoms with Crippen LogP contribution >= 0.6 is 0 Å². The van der Waals surface area contributed by atoms with Crippen LogP contribution in [0.1, 0.15) is 79.1 Å². The molecule has 0 unspecified atom stereocenters. The number of rotatable bonds is 3. The van der Waals surface area contributed by atoms with Crippen LogP contribution in [0, 0.1) is 44.8 Å². The molecule has 3 aliphatic rings. The Hall–Kier alpha value is -1.37. The molecule has 4 nitrogen and oxygen atoms in total. The van der Waals surface area contributed by atoms with Crippen molar-refractivity contribution in [2.45, 2.75) is 79.1 Å². The third-order valence-corrected chi connectivity index (χ3v) is 8.32. The van der Waals surface area contributed by atoms with Gasteiger partial charge in [-0.1, -0.05) is 13.3 Å². The number of hydrogen-bond acceptors (Lipinski definition) is 4. The predicted molar refractivity (Wildman–Crippen MR) is 99.0 cm³/mol. The molecule has 0 saturated heterocycles. The molecule has 3 saturated carbocycles. The van der Waals surface area contributed by atoms with Crippen LogP contribution in [0.25, 0.3) is 0 Å². The number of hydrogen-bond donors (Lipinski definition) is 0. The Balaban J connectivity index is 1.99. The van der Waals surface area contributed by atoms with Crippen LogP contribution in [-0.2, 0) is 14.3 Å². The van der Waals surface area contributed by atoms with Gasteiger partial charge in [0.1, 0.15) is 6.29 Å². The number of carbonyl (C=O) groups excluding carboxylic acids is 2. The van der Waals surface area contributed by atoms with E-state index in [1.54, 1.807) is 0 Å². The van der Waals surface area contributed by atoms with Crippen LogP contribution in [0.4, 0.5) is 0 Å². The van der Waals surface area contributed by atoms with E-state index in [1.165, 1.54) is 6.29 Å². The molecule has 0 amide bonds. The number of nitriles is 1. The summed E-state index contributed by atoms with van der Waals surface area (Å²) >= 11 is 0. The Kier molecular flexibility index (Phi) is 4.74. The zero-order chi connectivity index (χ0) is 19.2. The van der Waals surface area contributed by atoms with Crippen molar-refractivity contribution in [3.05, 3.63) is 0 Å². The first-order chi connectivity index (χ1) is 12.2. The molecule has 0 bridgehead atoms. The Morgan fingerprint density at radius 1 is 1.15 bits per heavy atom. The van der Waals surface area contributed by atoms with Crippen LogP contribution in [0.3, 0.4) is 0 Å². The quantitative estimate of drug-likeness (QED) is 0.542. The van der Waals surface area contributed by atoms with Crippen LogP contribution in [0.15, 0.2) is 0 Å². The minimum atomic E-state index is -0.450. The maximum atomic E-state index is 12.8. The summed E-state index contributed by atoms with van der Waals surface area (Å²) in [6.45, 7) is 8.69. The van der Waals surface area contributed by atoms with Gasteiger partial charge in [-0.25, -0.2) is 0 Å². The van der Waals surface area contributed by atoms with Crippen molar-refractivity contribution in [2.75, 3.05) is 6.61 Å². The lowest BCUT2D eigenvalue weighted by Crippen LogP contribution is -2.60. The Bertz CT molecular complexity index is 640. The number of esters is 1. The lowest BCUT2D eigenvalue weighted by molar-refractivity contribution is -0.190. The summed E-state index contributed by atoms with van der Waals surface area (Å²) in [4.78, 5) is 25.2. The highest BCUT2D eigenvalue weighted by atomic mass is 16.5. The summed E-state index contributed by atoms with van der Waals surface area (Å²) in [7, 11) is 0. The molecular weight excluding hydrogens is 326 g/mol. The van der Waals surface area contributed by atoms with Crippen molar-refractivity contribution in [3.63, 3.8) is 0 Å². The van der Waals surface area contributed by atoms with Crippen molar-refractivity contribution < 1.29 is 14.3 Å². The Morgan fingerprint density at radius 2 is 1.85 bits per heavy atom. The van der Waals surface area contributed by atoms with Gasteiger partial charge in [0.05, 0.1) is 23.5 Å². The van der Waals surface area contributed by atoms with E-state index >= 15 is 0 Å². The molecule has 26 heavy (non-hydrogen) atoms. The molecule has 0 aliphatic heterocycles. The highest BCUT2D eigenvalue weighted by Gasteiger charge is 2.64. The van der Waals surface area contributed by atoms with Gasteiger partial charge < -0.3 is 9.53 Å². The minimum absolute atomic E-state index is 0.0320. The van der Waals surface area contributed by atoms with Crippen LogP contribution in [-0.4, -0.2) is 18.9 Å². The lowest BCUT2D eigenvalue weighted by Gasteiger charge is -2.64. The fraction of sp³-hybridized carbons (Fsp3) is 0.864. The number of carbonyl (C=O) groups is 2. The molecule has 4 heteroatoms. The van der Waals surface area contributed by atoms with Crippen LogP contribution in [0.5, 0.6) is 0 Å². The molecule has 0 radical (unpaired) electrons. The third-order valence-electron chi connectivity index (χ3n) is 8.32. The molecule has 0 N–H and O–H groups in total. The number of aldehydes is 1. The second-order valence-electron chi connectivity index (χ2n) is 9.88. The van der Waals surface area contributed by atoms with E-state index in [4.69, 9.17) is 4.74 Å². The highest BCUT2D eigenvalue weighted by molar-refractivity contribution is 5.77. The summed E-state index contributed by atoms with van der Waals surface area (Å²) < 4.78 is 5.46. The van der Waals surface area contributed by atoms with Crippen molar-refractivity contribution in [2.24, 2.45) is 33.5 Å². The van der Waals surface area contributed by atoms with E-state index in [0.717, 1.165) is 44.9 Å². The van der Waals surface area contributed by atoms with Crippen molar-refractivity contribution >= 4 is 12.3 Å². The molecule has 6 atom stereocenters. The van der Waals surface area contributed by atoms with Gasteiger partial charge >= 0.3 is 5.97 Å². The largest absolute Gasteiger partial charge is 0.466 e. The van der Waals surface area contributed by atoms with Gasteiger partial charge in [0.25, 0.3) is 0 Å². The Morgan fingerprint density at radius 3 is 2.46 bits per heavy atom. The molecule has 0 heterocycles. The van der Waals surface area contributed by atoms with Gasteiger partial charge in [-0.3, -0.25) is 4.79 Å². The standard InChI is InChI=1S/C22H33NO3/c1-5-26-18(25)21(4)10-6-9-20(3)16(21)8-12-22(15-24)13-19(2,14-23)11-7-17(20)22/h15-17H,5-13H2,1-4H3/t16-,17-,19-,20+,21+,22+/m0/s1. The zero-order valence-corrected chi connectivity index (χ0v) is 16.8. The average Bonchev–Trinajstić information content (AvgIpc) is 2.61. The van der Waals surface area contributed by atoms with Gasteiger partial charge in [0, 0.05) is 5.41 Å². The zero-order valence-electron chi connectivity index (χ0n) is 16.8. The fourth-order valence-electron chi connectivity index (χ4n) is 7.15. The maximum absolute atomic E-state index is 12.8. The summed E-state index contributed by atoms with van der Waals surface area (Å²) in [5.41, 5.74) is -1.29. The summed E-state index contributed by atoms with van der Waals surface area (Å²) in [5, 5.41) is 9.63. The van der Waals surface area contributed by atoms with Gasteiger partial charge in [0.2, 0.25) is 0 Å². The average molecular weight is 360 g/mol. The Labute approximate surface area is 157 Å². The number of nitrogens with zero attached hydrogens (tertiary/aromatic N) is 1. The van der Waals surface area contributed by atoms with Crippen molar-refractivity contribution in [1.29, 1.82) is 5.26 Å². The first kappa shape index (κ1) is 19.4. The lowest BCUT2D eigenvalue weighted by atomic mass is 9.39. The van der Waals surface area contributed by atoms with Crippen molar-refractivity contribution in [3.8, 4) is 6.07 Å². The van der Waals surface area contributed by atoms with E-state index in [0.29, 0.717) is 13.0 Å². The van der Waals surface area contributed by atoms with Gasteiger partial charge in [-0.2, -0.15) is 5.26 Å². The fourth-order valence-corrected chi connectivity index (χ4v) is 7.15. The monoisotopic (exact) mass is 359 g/mol. The molecule has 0 aromatic rings. The minimum Gasteiger partial charge on any atom is -0.466 e. The topological polar surface area (TPSA) is 67.2 Å². The van der Waals surface area contributed by atoms with E-state index in [1.807, 2.05) is 13.8 Å². The van der Waals surface area contributed by atoms with Gasteiger partial charge in [-0.05, 0) is 83.0 Å². The van der Waals surface area contributed by atoms with E-state index in [-0.39, 0.29) is 23.2 Å². The van der Waals surface area contributed by atoms with E-state index in [9.17, 15) is 14.9 Å². The normalized spacial score (nSPS) is 47.8. The highest BCUT2D eigenvalue weighted by Crippen LogP contribution is 2.68. The summed E-state index contributed by atoms with van der Waals surface area (Å²) in [6, 6.07) is 2.48. The van der Waals surface area contributed by atoms with E-state index in [2.05, 4.69) is 19.9 Å². The number of ether oxygens (including phenoxy) is 1. The van der Waals surface area contributed by atoms with Gasteiger partial charge in [0.15, 0.2) is 0 Å². The third kappa shape index (κ3) is 2.62. The molecule has 0 spiro atoms. The van der Waals surface area contributed by atoms with Crippen LogP contribution < -0.4 is 0 Å². The summed E-state index contributed by atoms with van der Waals surface area (Å²) in [5.74, 6) is 0.459. The maximum Gasteiger partial charge on any atom is 0.312 e. The first-order valence-corrected chi connectivity index (χ1v) is 10.2. The molecule has 3 rings (SSSR count). The first-order valence-electron chi connectivity index (χ1n) is 10.2. The SMILES string of the molecule is CCOC(=O)[C@]1(C)CCC[C@@]2(C)[C@@H]3CC[C@](C)(C#N)C[C@@]3(C=O)CC[C@@H]21. The van der Waals surface area contributed by atoms with Crippen molar-refractivity contribution in [1.82, 2.24) is 0 Å². The van der Waals surface area contributed by atoms with Gasteiger partial charge in [-0.15, -0.1) is 0 Å². The molecule has 3 fully saturated rings. The molecule has 144 valence electrons. The molecule has 0 aromatic heterocycles.